The summed E-state index contributed by atoms with van der Waals surface area (Å²) in [6.45, 7) is 5.57. The summed E-state index contributed by atoms with van der Waals surface area (Å²) in [7, 11) is -2.20. The zero-order valence-electron chi connectivity index (χ0n) is 20.7. The van der Waals surface area contributed by atoms with Crippen LogP contribution in [0.2, 0.25) is 0 Å². The van der Waals surface area contributed by atoms with Crippen LogP contribution >= 0.6 is 0 Å². The zero-order chi connectivity index (χ0) is 26.3. The number of carbonyl (C=O) groups excluding carboxylic acids is 1. The van der Waals surface area contributed by atoms with Gasteiger partial charge in [0.15, 0.2) is 0 Å². The Morgan fingerprint density at radius 3 is 2.36 bits per heavy atom. The molecule has 3 rings (SSSR count). The van der Waals surface area contributed by atoms with Crippen molar-refractivity contribution in [2.24, 2.45) is 0 Å². The third-order valence-corrected chi connectivity index (χ3v) is 6.86. The van der Waals surface area contributed by atoms with Gasteiger partial charge >= 0.3 is 0 Å². The van der Waals surface area contributed by atoms with Crippen LogP contribution in [0.1, 0.15) is 31.9 Å². The highest BCUT2D eigenvalue weighted by Crippen LogP contribution is 2.29. The quantitative estimate of drug-likeness (QED) is 0.422. The molecule has 7 nitrogen and oxygen atoms in total. The summed E-state index contributed by atoms with van der Waals surface area (Å²) in [6, 6.07) is 22.8. The van der Waals surface area contributed by atoms with Crippen LogP contribution in [-0.4, -0.2) is 33.6 Å². The number of hydrogen-bond donors (Lipinski definition) is 2. The molecule has 0 heterocycles. The van der Waals surface area contributed by atoms with Gasteiger partial charge in [-0.05, 0) is 67.8 Å². The minimum atomic E-state index is -3.74. The number of carbonyl (C=O) groups is 1. The number of amides is 1. The molecule has 0 radical (unpaired) electrons. The number of nitriles is 1. The lowest BCUT2D eigenvalue weighted by Crippen LogP contribution is -2.40. The first-order chi connectivity index (χ1) is 17.0. The van der Waals surface area contributed by atoms with Crippen LogP contribution in [-0.2, 0) is 19.6 Å². The number of nitrogens with zero attached hydrogens (tertiary/aromatic N) is 1. The molecule has 0 aliphatic carbocycles. The number of rotatable bonds is 8. The summed E-state index contributed by atoms with van der Waals surface area (Å²) in [6.07, 6.45) is 1.44. The van der Waals surface area contributed by atoms with Crippen molar-refractivity contribution in [3.8, 4) is 17.2 Å². The Balaban J connectivity index is 1.83. The van der Waals surface area contributed by atoms with Crippen molar-refractivity contribution < 1.29 is 17.9 Å². The molecule has 0 aliphatic rings. The number of ether oxygens (including phenoxy) is 1. The molecule has 0 atom stereocenters. The van der Waals surface area contributed by atoms with E-state index in [1.807, 2.05) is 6.07 Å². The van der Waals surface area contributed by atoms with Crippen LogP contribution in [0.15, 0.2) is 83.8 Å². The van der Waals surface area contributed by atoms with E-state index in [2.05, 4.69) is 16.1 Å². The third kappa shape index (κ3) is 7.12. The monoisotopic (exact) mass is 503 g/mol. The minimum Gasteiger partial charge on any atom is -0.380 e. The van der Waals surface area contributed by atoms with E-state index in [9.17, 15) is 13.2 Å². The molecular formula is C28H29N3O4S. The highest BCUT2D eigenvalue weighted by molar-refractivity contribution is 7.89. The van der Waals surface area contributed by atoms with E-state index >= 15 is 0 Å². The van der Waals surface area contributed by atoms with Crippen LogP contribution in [0, 0.1) is 11.3 Å². The number of methoxy groups -OCH3 is 1. The Morgan fingerprint density at radius 1 is 1.03 bits per heavy atom. The molecule has 0 saturated carbocycles. The first kappa shape index (κ1) is 26.8. The molecule has 3 aromatic carbocycles. The van der Waals surface area contributed by atoms with E-state index in [1.165, 1.54) is 13.2 Å². The summed E-state index contributed by atoms with van der Waals surface area (Å²) in [5.74, 6) is -0.352. The van der Waals surface area contributed by atoms with Crippen molar-refractivity contribution in [3.05, 3.63) is 90.0 Å². The number of sulfonamides is 1. The van der Waals surface area contributed by atoms with Gasteiger partial charge in [-0.3, -0.25) is 4.79 Å². The first-order valence-corrected chi connectivity index (χ1v) is 12.8. The fourth-order valence-electron chi connectivity index (χ4n) is 3.62. The van der Waals surface area contributed by atoms with Crippen molar-refractivity contribution in [1.82, 2.24) is 4.72 Å². The normalized spacial score (nSPS) is 12.1. The molecule has 0 spiro atoms. The Labute approximate surface area is 212 Å². The van der Waals surface area contributed by atoms with Crippen LogP contribution in [0.3, 0.4) is 0 Å². The molecule has 36 heavy (non-hydrogen) atoms. The molecule has 0 aliphatic heterocycles. The van der Waals surface area contributed by atoms with E-state index in [0.29, 0.717) is 28.0 Å². The van der Waals surface area contributed by atoms with Gasteiger partial charge in [0.1, 0.15) is 0 Å². The minimum absolute atomic E-state index is 0.184. The zero-order valence-corrected chi connectivity index (χ0v) is 21.5. The molecule has 1 amide bonds. The molecular weight excluding hydrogens is 474 g/mol. The summed E-state index contributed by atoms with van der Waals surface area (Å²) in [5, 5.41) is 12.0. The van der Waals surface area contributed by atoms with Gasteiger partial charge in [0.05, 0.1) is 23.1 Å². The first-order valence-electron chi connectivity index (χ1n) is 11.3. The number of anilines is 1. The van der Waals surface area contributed by atoms with Gasteiger partial charge in [0.2, 0.25) is 15.9 Å². The van der Waals surface area contributed by atoms with Crippen molar-refractivity contribution in [1.29, 1.82) is 5.26 Å². The highest BCUT2D eigenvalue weighted by Gasteiger charge is 2.24. The largest absolute Gasteiger partial charge is 0.380 e. The highest BCUT2D eigenvalue weighted by atomic mass is 32.2. The Morgan fingerprint density at radius 2 is 1.72 bits per heavy atom. The predicted molar refractivity (Wildman–Crippen MR) is 142 cm³/mol. The van der Waals surface area contributed by atoms with Gasteiger partial charge in [0.25, 0.3) is 0 Å². The lowest BCUT2D eigenvalue weighted by atomic mass is 10.0. The van der Waals surface area contributed by atoms with Crippen molar-refractivity contribution >= 4 is 27.2 Å². The lowest BCUT2D eigenvalue weighted by molar-refractivity contribution is -0.111. The average Bonchev–Trinajstić information content (AvgIpc) is 2.83. The Kier molecular flexibility index (Phi) is 8.43. The van der Waals surface area contributed by atoms with Gasteiger partial charge in [-0.1, -0.05) is 42.5 Å². The SMILES string of the molecule is COC/C(=C/C(=O)Nc1ccc(-c2ccccc2S(=O)(=O)NC(C)(C)C)cc1)c1cccc(C#N)c1. The molecule has 2 N–H and O–H groups in total. The maximum atomic E-state index is 13.0. The van der Waals surface area contributed by atoms with Gasteiger partial charge < -0.3 is 10.1 Å². The summed E-state index contributed by atoms with van der Waals surface area (Å²) < 4.78 is 33.9. The van der Waals surface area contributed by atoms with Crippen molar-refractivity contribution in [3.63, 3.8) is 0 Å². The maximum Gasteiger partial charge on any atom is 0.248 e. The number of hydrogen-bond acceptors (Lipinski definition) is 5. The van der Waals surface area contributed by atoms with E-state index in [1.54, 1.807) is 87.5 Å². The third-order valence-electron chi connectivity index (χ3n) is 5.05. The second-order valence-electron chi connectivity index (χ2n) is 9.21. The number of nitrogens with one attached hydrogen (secondary N) is 2. The maximum absolute atomic E-state index is 13.0. The molecule has 0 fully saturated rings. The molecule has 0 saturated heterocycles. The molecule has 186 valence electrons. The van der Waals surface area contributed by atoms with Crippen LogP contribution in [0.5, 0.6) is 0 Å². The molecule has 3 aromatic rings. The second-order valence-corrected chi connectivity index (χ2v) is 10.9. The van der Waals surface area contributed by atoms with E-state index in [4.69, 9.17) is 10.00 Å². The van der Waals surface area contributed by atoms with Crippen molar-refractivity contribution in [2.45, 2.75) is 31.2 Å². The van der Waals surface area contributed by atoms with E-state index in [0.717, 1.165) is 5.56 Å². The summed E-state index contributed by atoms with van der Waals surface area (Å²) in [4.78, 5) is 12.9. The standard InChI is InChI=1S/C28H29N3O4S/c1-28(2,3)31-36(33,34)26-11-6-5-10-25(26)21-12-14-24(15-13-21)30-27(32)17-23(19-35-4)22-9-7-8-20(16-22)18-29/h5-17,31H,19H2,1-4H3,(H,30,32)/b23-17-. The molecule has 0 unspecified atom stereocenters. The van der Waals surface area contributed by atoms with Gasteiger partial charge in [0, 0.05) is 30.0 Å². The van der Waals surface area contributed by atoms with Gasteiger partial charge in [-0.2, -0.15) is 5.26 Å². The predicted octanol–water partition coefficient (Wildman–Crippen LogP) is 4.97. The van der Waals surface area contributed by atoms with Crippen molar-refractivity contribution in [2.75, 3.05) is 19.0 Å². The van der Waals surface area contributed by atoms with Gasteiger partial charge in [-0.15, -0.1) is 0 Å². The Bertz CT molecular complexity index is 1410. The second kappa shape index (κ2) is 11.3. The lowest BCUT2D eigenvalue weighted by Gasteiger charge is -2.21. The fraction of sp³-hybridized carbons (Fsp3) is 0.214. The van der Waals surface area contributed by atoms with E-state index < -0.39 is 15.6 Å². The van der Waals surface area contributed by atoms with Crippen LogP contribution in [0.4, 0.5) is 5.69 Å². The molecule has 8 heteroatoms. The average molecular weight is 504 g/mol. The number of benzene rings is 3. The Hall–Kier alpha value is -3.77. The van der Waals surface area contributed by atoms with Crippen LogP contribution < -0.4 is 10.0 Å². The summed E-state index contributed by atoms with van der Waals surface area (Å²) >= 11 is 0. The summed E-state index contributed by atoms with van der Waals surface area (Å²) in [5.41, 5.74) is 3.04. The van der Waals surface area contributed by atoms with Gasteiger partial charge in [-0.25, -0.2) is 13.1 Å². The smallest absolute Gasteiger partial charge is 0.248 e. The molecule has 0 aromatic heterocycles. The van der Waals surface area contributed by atoms with Crippen LogP contribution in [0.25, 0.3) is 16.7 Å². The fourth-order valence-corrected chi connectivity index (χ4v) is 5.27. The topological polar surface area (TPSA) is 108 Å². The molecule has 0 bridgehead atoms. The van der Waals surface area contributed by atoms with E-state index in [-0.39, 0.29) is 17.4 Å².